The molecule has 13 heavy (non-hydrogen) atoms. The van der Waals surface area contributed by atoms with Crippen molar-refractivity contribution >= 4 is 11.6 Å². The first-order valence-electron chi connectivity index (χ1n) is 3.58. The van der Waals surface area contributed by atoms with Gasteiger partial charge in [-0.1, -0.05) is 11.6 Å². The Hall–Kier alpha value is -1.42. The second kappa shape index (κ2) is 3.14. The second-order valence-corrected chi connectivity index (χ2v) is 2.85. The normalized spacial score (nSPS) is 10.3. The summed E-state index contributed by atoms with van der Waals surface area (Å²) in [5.74, 6) is 0.159. The third-order valence-electron chi connectivity index (χ3n) is 1.51. The molecule has 2 heterocycles. The lowest BCUT2D eigenvalue weighted by Crippen LogP contribution is -1.85. The topological polar surface area (TPSA) is 41.6 Å². The highest BCUT2D eigenvalue weighted by Crippen LogP contribution is 2.14. The van der Waals surface area contributed by atoms with Gasteiger partial charge in [-0.2, -0.15) is 0 Å². The van der Waals surface area contributed by atoms with Gasteiger partial charge in [0.1, 0.15) is 16.7 Å². The lowest BCUT2D eigenvalue weighted by molar-refractivity contribution is 0.621. The van der Waals surface area contributed by atoms with Gasteiger partial charge in [-0.3, -0.25) is 0 Å². The molecule has 66 valence electrons. The van der Waals surface area contributed by atoms with Crippen LogP contribution in [-0.2, 0) is 0 Å². The van der Waals surface area contributed by atoms with Gasteiger partial charge in [0.05, 0.1) is 12.4 Å². The molecule has 2 aromatic heterocycles. The molecule has 0 bridgehead atoms. The van der Waals surface area contributed by atoms with Crippen LogP contribution in [0.25, 0.3) is 11.5 Å². The van der Waals surface area contributed by atoms with E-state index in [4.69, 9.17) is 11.6 Å². The quantitative estimate of drug-likeness (QED) is 0.762. The minimum absolute atomic E-state index is 0.374. The van der Waals surface area contributed by atoms with Crippen molar-refractivity contribution in [2.75, 3.05) is 0 Å². The Bertz CT molecular complexity index is 410. The zero-order valence-corrected chi connectivity index (χ0v) is 7.22. The van der Waals surface area contributed by atoms with Crippen molar-refractivity contribution < 1.29 is 4.39 Å². The predicted octanol–water partition coefficient (Wildman–Crippen LogP) is 2.26. The maximum atomic E-state index is 12.5. The number of rotatable bonds is 1. The van der Waals surface area contributed by atoms with Crippen LogP contribution < -0.4 is 0 Å². The van der Waals surface area contributed by atoms with Crippen LogP contribution in [0.4, 0.5) is 4.39 Å². The summed E-state index contributed by atoms with van der Waals surface area (Å²) in [5, 5.41) is 0.432. The van der Waals surface area contributed by atoms with Gasteiger partial charge in [0.2, 0.25) is 0 Å². The molecule has 0 saturated carbocycles. The van der Waals surface area contributed by atoms with Gasteiger partial charge in [0.25, 0.3) is 0 Å². The Morgan fingerprint density at radius 2 is 2.08 bits per heavy atom. The van der Waals surface area contributed by atoms with Crippen LogP contribution in [0.2, 0.25) is 5.15 Å². The molecule has 0 aliphatic heterocycles. The molecular weight excluding hydrogens is 193 g/mol. The van der Waals surface area contributed by atoms with Gasteiger partial charge in [0.15, 0.2) is 5.82 Å². The molecule has 1 N–H and O–H groups in total. The Morgan fingerprint density at radius 3 is 2.62 bits per heavy atom. The number of nitrogens with one attached hydrogen (secondary N) is 1. The van der Waals surface area contributed by atoms with Crippen molar-refractivity contribution in [1.29, 1.82) is 0 Å². The highest BCUT2D eigenvalue weighted by molar-refractivity contribution is 6.29. The molecule has 5 heteroatoms. The molecule has 0 aliphatic rings. The minimum atomic E-state index is -0.374. The van der Waals surface area contributed by atoms with Gasteiger partial charge in [-0.05, 0) is 12.1 Å². The monoisotopic (exact) mass is 197 g/mol. The van der Waals surface area contributed by atoms with Crippen LogP contribution in [0.5, 0.6) is 0 Å². The van der Waals surface area contributed by atoms with Crippen molar-refractivity contribution in [3.05, 3.63) is 35.5 Å². The molecule has 0 atom stereocenters. The summed E-state index contributed by atoms with van der Waals surface area (Å²) in [4.78, 5) is 10.6. The fraction of sp³-hybridized carbons (Fsp3) is 0. The van der Waals surface area contributed by atoms with E-state index in [1.807, 2.05) is 0 Å². The zero-order chi connectivity index (χ0) is 9.26. The molecule has 0 unspecified atom stereocenters. The second-order valence-electron chi connectivity index (χ2n) is 2.44. The van der Waals surface area contributed by atoms with Gasteiger partial charge in [-0.15, -0.1) is 0 Å². The number of hydrogen-bond donors (Lipinski definition) is 1. The summed E-state index contributed by atoms with van der Waals surface area (Å²) in [7, 11) is 0. The maximum absolute atomic E-state index is 12.5. The van der Waals surface area contributed by atoms with Gasteiger partial charge < -0.3 is 4.98 Å². The summed E-state index contributed by atoms with van der Waals surface area (Å²) in [6.45, 7) is 0. The Balaban J connectivity index is 2.41. The molecule has 0 saturated heterocycles. The Kier molecular flexibility index (Phi) is 1.98. The summed E-state index contributed by atoms with van der Waals surface area (Å²) in [6.07, 6.45) is 2.60. The molecule has 3 nitrogen and oxygen atoms in total. The number of pyridine rings is 1. The molecule has 0 amide bonds. The van der Waals surface area contributed by atoms with Crippen LogP contribution >= 0.6 is 11.6 Å². The number of hydrogen-bond acceptors (Lipinski definition) is 2. The lowest BCUT2D eigenvalue weighted by Gasteiger charge is -1.93. The largest absolute Gasteiger partial charge is 0.328 e. The van der Waals surface area contributed by atoms with Crippen molar-refractivity contribution in [1.82, 2.24) is 15.0 Å². The van der Waals surface area contributed by atoms with E-state index in [9.17, 15) is 4.39 Å². The number of imidazole rings is 1. The first-order chi connectivity index (χ1) is 6.25. The average Bonchev–Trinajstić information content (AvgIpc) is 2.53. The van der Waals surface area contributed by atoms with Crippen molar-refractivity contribution in [3.63, 3.8) is 0 Å². The first-order valence-corrected chi connectivity index (χ1v) is 3.96. The number of nitrogens with zero attached hydrogens (tertiary/aromatic N) is 2. The highest BCUT2D eigenvalue weighted by atomic mass is 35.5. The highest BCUT2D eigenvalue weighted by Gasteiger charge is 2.02. The Morgan fingerprint density at radius 1 is 1.23 bits per heavy atom. The minimum Gasteiger partial charge on any atom is -0.328 e. The van der Waals surface area contributed by atoms with E-state index in [0.717, 1.165) is 6.20 Å². The summed E-state index contributed by atoms with van der Waals surface area (Å²) in [6, 6.07) is 2.85. The fourth-order valence-corrected chi connectivity index (χ4v) is 1.08. The van der Waals surface area contributed by atoms with E-state index in [1.54, 1.807) is 0 Å². The van der Waals surface area contributed by atoms with Crippen LogP contribution in [0, 0.1) is 5.82 Å². The summed E-state index contributed by atoms with van der Waals surface area (Å²) < 4.78 is 12.5. The number of halogens is 2. The number of aromatic amines is 1. The van der Waals surface area contributed by atoms with E-state index in [1.165, 1.54) is 18.3 Å². The third kappa shape index (κ3) is 1.67. The number of H-pyrrole nitrogens is 1. The van der Waals surface area contributed by atoms with Crippen molar-refractivity contribution in [2.24, 2.45) is 0 Å². The van der Waals surface area contributed by atoms with Crippen molar-refractivity contribution in [2.45, 2.75) is 0 Å². The lowest BCUT2D eigenvalue weighted by atomic mass is 10.3. The van der Waals surface area contributed by atoms with Crippen LogP contribution in [0.15, 0.2) is 24.5 Å². The van der Waals surface area contributed by atoms with Crippen molar-refractivity contribution in [3.8, 4) is 11.5 Å². The maximum Gasteiger partial charge on any atom is 0.157 e. The molecule has 2 aromatic rings. The predicted molar refractivity (Wildman–Crippen MR) is 46.8 cm³/mol. The van der Waals surface area contributed by atoms with E-state index in [0.29, 0.717) is 16.7 Å². The third-order valence-corrected chi connectivity index (χ3v) is 1.71. The van der Waals surface area contributed by atoms with E-state index in [-0.39, 0.29) is 5.82 Å². The molecule has 0 aromatic carbocycles. The van der Waals surface area contributed by atoms with Crippen LogP contribution in [0.3, 0.4) is 0 Å². The summed E-state index contributed by atoms with van der Waals surface area (Å²) >= 11 is 5.62. The Labute approximate surface area is 78.6 Å². The van der Waals surface area contributed by atoms with E-state index in [2.05, 4.69) is 15.0 Å². The molecule has 2 rings (SSSR count). The molecule has 0 spiro atoms. The first kappa shape index (κ1) is 8.19. The number of aromatic nitrogens is 3. The molecular formula is C8H5ClFN3. The van der Waals surface area contributed by atoms with Gasteiger partial charge >= 0.3 is 0 Å². The zero-order valence-electron chi connectivity index (χ0n) is 6.46. The molecule has 0 fully saturated rings. The van der Waals surface area contributed by atoms with Crippen LogP contribution in [-0.4, -0.2) is 15.0 Å². The summed E-state index contributed by atoms with van der Waals surface area (Å²) in [5.41, 5.74) is 0.563. The van der Waals surface area contributed by atoms with Crippen LogP contribution in [0.1, 0.15) is 0 Å². The smallest absolute Gasteiger partial charge is 0.157 e. The molecule has 0 aliphatic carbocycles. The molecule has 0 radical (unpaired) electrons. The van der Waals surface area contributed by atoms with E-state index >= 15 is 0 Å². The van der Waals surface area contributed by atoms with E-state index < -0.39 is 0 Å². The van der Waals surface area contributed by atoms with Gasteiger partial charge in [0, 0.05) is 0 Å². The standard InChI is InChI=1S/C8H5ClFN3/c9-7-4-12-8(13-7)6-2-1-5(10)3-11-6/h1-4H,(H,12,13). The fourth-order valence-electron chi connectivity index (χ4n) is 0.945. The van der Waals surface area contributed by atoms with Gasteiger partial charge in [-0.25, -0.2) is 14.4 Å². The SMILES string of the molecule is Fc1ccc(-c2ncc(Cl)[nH]2)nc1. The average molecular weight is 198 g/mol.